The number of nitrogens with two attached hydrogens (primary N) is 1. The molecule has 0 aliphatic rings. The van der Waals surface area contributed by atoms with Gasteiger partial charge in [0.1, 0.15) is 18.2 Å². The predicted molar refractivity (Wildman–Crippen MR) is 65.6 cm³/mol. The number of hydrogen-bond acceptors (Lipinski definition) is 4. The lowest BCUT2D eigenvalue weighted by molar-refractivity contribution is 0.546. The number of rotatable bonds is 6. The number of nitrogens with zero attached hydrogens (tertiary/aromatic N) is 1. The molecule has 6 heteroatoms. The van der Waals surface area contributed by atoms with E-state index in [0.29, 0.717) is 0 Å². The molecule has 0 fully saturated rings. The third kappa shape index (κ3) is 3.59. The van der Waals surface area contributed by atoms with Crippen molar-refractivity contribution in [1.82, 2.24) is 5.32 Å². The van der Waals surface area contributed by atoms with Gasteiger partial charge < -0.3 is 11.1 Å². The molecule has 0 amide bonds. The lowest BCUT2D eigenvalue weighted by Crippen LogP contribution is -2.14. The molecule has 0 saturated heterocycles. The molecule has 0 aliphatic heterocycles. The second kappa shape index (κ2) is 6.80. The molecule has 0 heterocycles. The summed E-state index contributed by atoms with van der Waals surface area (Å²) in [5.74, 6) is -1.04. The maximum atomic E-state index is 13.7. The highest BCUT2D eigenvalue weighted by atomic mass is 19.1. The lowest BCUT2D eigenvalue weighted by atomic mass is 10.0. The van der Waals surface area contributed by atoms with Crippen molar-refractivity contribution in [2.45, 2.75) is 19.5 Å². The van der Waals surface area contributed by atoms with Gasteiger partial charge in [0, 0.05) is 17.7 Å². The molecule has 0 aliphatic carbocycles. The van der Waals surface area contributed by atoms with E-state index in [1.165, 1.54) is 12.3 Å². The second-order valence-corrected chi connectivity index (χ2v) is 3.77. The van der Waals surface area contributed by atoms with Crippen LogP contribution in [-0.2, 0) is 6.54 Å². The van der Waals surface area contributed by atoms with Crippen LogP contribution in [0, 0.1) is 16.5 Å². The van der Waals surface area contributed by atoms with Gasteiger partial charge in [0.25, 0.3) is 0 Å². The van der Waals surface area contributed by atoms with E-state index in [1.54, 1.807) is 6.92 Å². The van der Waals surface area contributed by atoms with Crippen molar-refractivity contribution in [2.24, 2.45) is 10.9 Å². The van der Waals surface area contributed by atoms with Gasteiger partial charge in [-0.15, -0.1) is 0 Å². The number of benzene rings is 1. The largest absolute Gasteiger partial charge is 0.384 e. The summed E-state index contributed by atoms with van der Waals surface area (Å²) in [5.41, 5.74) is 5.63. The molecule has 1 atom stereocenters. The summed E-state index contributed by atoms with van der Waals surface area (Å²) >= 11 is 0. The van der Waals surface area contributed by atoms with E-state index in [2.05, 4.69) is 10.5 Å². The van der Waals surface area contributed by atoms with E-state index in [4.69, 9.17) is 5.73 Å². The van der Waals surface area contributed by atoms with Gasteiger partial charge >= 0.3 is 0 Å². The second-order valence-electron chi connectivity index (χ2n) is 3.77. The molecule has 0 aromatic heterocycles. The topological polar surface area (TPSA) is 67.5 Å². The number of nitroso groups, excluding NO2 is 1. The van der Waals surface area contributed by atoms with Crippen molar-refractivity contribution >= 4 is 0 Å². The van der Waals surface area contributed by atoms with Crippen LogP contribution in [0.1, 0.15) is 24.1 Å². The Bertz CT molecular complexity index is 449. The SMILES string of the molecule is CC(N/C=C\CN=O)c1cc(F)c(CN)cc1F. The average molecular weight is 255 g/mol. The normalized spacial score (nSPS) is 12.7. The third-order valence-corrected chi connectivity index (χ3v) is 2.50. The van der Waals surface area contributed by atoms with Gasteiger partial charge in [0.15, 0.2) is 0 Å². The van der Waals surface area contributed by atoms with E-state index < -0.39 is 17.7 Å². The summed E-state index contributed by atoms with van der Waals surface area (Å²) in [5, 5.41) is 5.46. The van der Waals surface area contributed by atoms with Crippen LogP contribution in [0.2, 0.25) is 0 Å². The van der Waals surface area contributed by atoms with E-state index in [0.717, 1.165) is 12.1 Å². The molecule has 1 unspecified atom stereocenters. The van der Waals surface area contributed by atoms with Crippen LogP contribution in [-0.4, -0.2) is 6.54 Å². The number of nitrogens with one attached hydrogen (secondary N) is 1. The Balaban J connectivity index is 2.82. The summed E-state index contributed by atoms with van der Waals surface area (Å²) in [4.78, 5) is 9.84. The highest BCUT2D eigenvalue weighted by molar-refractivity contribution is 5.28. The molecular weight excluding hydrogens is 240 g/mol. The molecule has 98 valence electrons. The smallest absolute Gasteiger partial charge is 0.128 e. The Morgan fingerprint density at radius 2 is 2.17 bits per heavy atom. The fourth-order valence-corrected chi connectivity index (χ4v) is 1.49. The zero-order chi connectivity index (χ0) is 13.5. The molecule has 18 heavy (non-hydrogen) atoms. The summed E-state index contributed by atoms with van der Waals surface area (Å²) in [7, 11) is 0. The number of hydrogen-bond donors (Lipinski definition) is 2. The summed E-state index contributed by atoms with van der Waals surface area (Å²) < 4.78 is 27.2. The predicted octanol–water partition coefficient (Wildman–Crippen LogP) is 2.35. The molecule has 0 spiro atoms. The molecule has 0 radical (unpaired) electrons. The molecule has 1 aromatic carbocycles. The van der Waals surface area contributed by atoms with Gasteiger partial charge in [-0.1, -0.05) is 5.18 Å². The maximum absolute atomic E-state index is 13.7. The van der Waals surface area contributed by atoms with Crippen LogP contribution < -0.4 is 11.1 Å². The van der Waals surface area contributed by atoms with Gasteiger partial charge in [-0.2, -0.15) is 4.91 Å². The summed E-state index contributed by atoms with van der Waals surface area (Å²) in [6.07, 6.45) is 2.98. The van der Waals surface area contributed by atoms with Crippen LogP contribution in [0.5, 0.6) is 0 Å². The van der Waals surface area contributed by atoms with Crippen LogP contribution in [0.3, 0.4) is 0 Å². The van der Waals surface area contributed by atoms with Crippen LogP contribution in [0.25, 0.3) is 0 Å². The monoisotopic (exact) mass is 255 g/mol. The molecule has 0 bridgehead atoms. The van der Waals surface area contributed by atoms with Crippen molar-refractivity contribution in [3.05, 3.63) is 52.1 Å². The minimum absolute atomic E-state index is 0.0304. The van der Waals surface area contributed by atoms with E-state index in [-0.39, 0.29) is 24.2 Å². The van der Waals surface area contributed by atoms with Crippen LogP contribution >= 0.6 is 0 Å². The van der Waals surface area contributed by atoms with Crippen molar-refractivity contribution in [2.75, 3.05) is 6.54 Å². The number of halogens is 2. The Morgan fingerprint density at radius 3 is 2.78 bits per heavy atom. The Labute approximate surface area is 104 Å². The molecule has 4 nitrogen and oxygen atoms in total. The first-order chi connectivity index (χ1) is 8.60. The molecule has 0 saturated carbocycles. The highest BCUT2D eigenvalue weighted by Gasteiger charge is 2.13. The zero-order valence-electron chi connectivity index (χ0n) is 9.99. The van der Waals surface area contributed by atoms with Crippen molar-refractivity contribution in [3.63, 3.8) is 0 Å². The quantitative estimate of drug-likeness (QED) is 0.767. The van der Waals surface area contributed by atoms with E-state index >= 15 is 0 Å². The lowest BCUT2D eigenvalue weighted by Gasteiger charge is -2.14. The molecule has 1 rings (SSSR count). The average Bonchev–Trinajstić information content (AvgIpc) is 2.36. The molecular formula is C12H15F2N3O. The van der Waals surface area contributed by atoms with E-state index in [9.17, 15) is 13.7 Å². The van der Waals surface area contributed by atoms with Gasteiger partial charge in [-0.25, -0.2) is 8.78 Å². The van der Waals surface area contributed by atoms with E-state index in [1.807, 2.05) is 0 Å². The fraction of sp³-hybridized carbons (Fsp3) is 0.333. The van der Waals surface area contributed by atoms with Gasteiger partial charge in [0.2, 0.25) is 0 Å². The summed E-state index contributed by atoms with van der Waals surface area (Å²) in [6, 6.07) is 1.80. The van der Waals surface area contributed by atoms with Gasteiger partial charge in [-0.3, -0.25) is 0 Å². The van der Waals surface area contributed by atoms with Crippen molar-refractivity contribution in [3.8, 4) is 0 Å². The first-order valence-electron chi connectivity index (χ1n) is 5.48. The Morgan fingerprint density at radius 1 is 1.44 bits per heavy atom. The third-order valence-electron chi connectivity index (χ3n) is 2.50. The first-order valence-corrected chi connectivity index (χ1v) is 5.48. The maximum Gasteiger partial charge on any atom is 0.128 e. The minimum Gasteiger partial charge on any atom is -0.384 e. The van der Waals surface area contributed by atoms with Crippen LogP contribution in [0.4, 0.5) is 8.78 Å². The Kier molecular flexibility index (Phi) is 5.38. The van der Waals surface area contributed by atoms with Crippen molar-refractivity contribution < 1.29 is 8.78 Å². The summed E-state index contributed by atoms with van der Waals surface area (Å²) in [6.45, 7) is 1.66. The van der Waals surface area contributed by atoms with Gasteiger partial charge in [0.05, 0.1) is 6.04 Å². The Hall–Kier alpha value is -1.82. The zero-order valence-corrected chi connectivity index (χ0v) is 9.99. The highest BCUT2D eigenvalue weighted by Crippen LogP contribution is 2.20. The first kappa shape index (κ1) is 14.2. The molecule has 3 N–H and O–H groups in total. The van der Waals surface area contributed by atoms with Crippen molar-refractivity contribution in [1.29, 1.82) is 0 Å². The van der Waals surface area contributed by atoms with Crippen LogP contribution in [0.15, 0.2) is 29.6 Å². The standard InChI is InChI=1S/C12H15F2N3O/c1-8(16-3-2-4-17-18)10-6-11(13)9(7-15)5-12(10)14/h2-3,5-6,8,16H,4,7,15H2,1H3/b3-2-. The van der Waals surface area contributed by atoms with Gasteiger partial charge in [-0.05, 0) is 31.3 Å². The minimum atomic E-state index is -0.527. The molecule has 1 aromatic rings. The fourth-order valence-electron chi connectivity index (χ4n) is 1.49.